The summed E-state index contributed by atoms with van der Waals surface area (Å²) in [6, 6.07) is 0. The third-order valence-electron chi connectivity index (χ3n) is 20.0. The Balaban J connectivity index is 5.19. The van der Waals surface area contributed by atoms with Crippen LogP contribution >= 0.6 is 15.6 Å². The third-order valence-corrected chi connectivity index (χ3v) is 21.9. The summed E-state index contributed by atoms with van der Waals surface area (Å²) in [7, 11) is -9.92. The van der Waals surface area contributed by atoms with Crippen molar-refractivity contribution in [3.05, 3.63) is 0 Å². The van der Waals surface area contributed by atoms with Gasteiger partial charge in [0, 0.05) is 25.7 Å². The Labute approximate surface area is 638 Å². The molecule has 0 rings (SSSR count). The molecule has 0 radical (unpaired) electrons. The number of hydrogen-bond acceptors (Lipinski definition) is 15. The molecule has 0 bridgehead atoms. The van der Waals surface area contributed by atoms with Crippen LogP contribution in [0.25, 0.3) is 0 Å². The van der Waals surface area contributed by atoms with Crippen LogP contribution in [0.15, 0.2) is 0 Å². The molecule has 0 saturated heterocycles. The van der Waals surface area contributed by atoms with Gasteiger partial charge in [-0.15, -0.1) is 0 Å². The zero-order valence-electron chi connectivity index (χ0n) is 68.3. The number of phosphoric ester groups is 2. The molecular weight excluding hydrogens is 1350 g/mol. The minimum atomic E-state index is -4.96. The zero-order valence-corrected chi connectivity index (χ0v) is 70.1. The topological polar surface area (TPSA) is 237 Å². The van der Waals surface area contributed by atoms with Gasteiger partial charge in [-0.2, -0.15) is 0 Å². The minimum Gasteiger partial charge on any atom is -0.462 e. The summed E-state index contributed by atoms with van der Waals surface area (Å²) >= 11 is 0. The Kier molecular flexibility index (Phi) is 75.0. The van der Waals surface area contributed by atoms with Gasteiger partial charge < -0.3 is 33.8 Å². The molecule has 5 atom stereocenters. The van der Waals surface area contributed by atoms with Crippen molar-refractivity contribution in [2.24, 2.45) is 11.8 Å². The van der Waals surface area contributed by atoms with E-state index in [2.05, 4.69) is 41.5 Å². The number of rotatable bonds is 84. The quantitative estimate of drug-likeness (QED) is 0.0222. The minimum absolute atomic E-state index is 0.105. The molecule has 0 fully saturated rings. The molecule has 0 aliphatic heterocycles. The van der Waals surface area contributed by atoms with Gasteiger partial charge in [0.2, 0.25) is 0 Å². The molecule has 3 N–H and O–H groups in total. The van der Waals surface area contributed by atoms with Gasteiger partial charge in [-0.05, 0) is 37.5 Å². The molecule has 0 spiro atoms. The van der Waals surface area contributed by atoms with Crippen molar-refractivity contribution < 1.29 is 80.2 Å². The van der Waals surface area contributed by atoms with Gasteiger partial charge in [-0.1, -0.05) is 401 Å². The van der Waals surface area contributed by atoms with Crippen LogP contribution < -0.4 is 0 Å². The van der Waals surface area contributed by atoms with Crippen LogP contribution in [0.4, 0.5) is 0 Å². The highest BCUT2D eigenvalue weighted by atomic mass is 31.2. The van der Waals surface area contributed by atoms with E-state index in [1.807, 2.05) is 0 Å². The molecule has 0 aliphatic rings. The second kappa shape index (κ2) is 76.4. The van der Waals surface area contributed by atoms with Crippen LogP contribution in [-0.4, -0.2) is 96.7 Å². The number of ether oxygens (including phenoxy) is 4. The normalized spacial score (nSPS) is 13.8. The van der Waals surface area contributed by atoms with E-state index >= 15 is 0 Å². The maximum Gasteiger partial charge on any atom is 0.472 e. The van der Waals surface area contributed by atoms with Crippen molar-refractivity contribution in [2.75, 3.05) is 39.6 Å². The number of carbonyl (C=O) groups excluding carboxylic acids is 4. The van der Waals surface area contributed by atoms with Crippen LogP contribution in [-0.2, 0) is 65.4 Å². The van der Waals surface area contributed by atoms with E-state index in [0.717, 1.165) is 102 Å². The first-order chi connectivity index (χ1) is 50.4. The Hall–Kier alpha value is -1.94. The SMILES string of the molecule is CCCCCCCCCCCCCCCCCCCCCCCC(=O)OC[C@H](COP(=O)(O)OC[C@@H](O)COP(=O)(O)OC[C@@H](COC(=O)CCCCCCCCCCCCC)OC(=O)CCCCCCCCCCC(C)C)OC(=O)CCCCCCCCCCCCCCCCCCCCC(C)C. The number of esters is 4. The lowest BCUT2D eigenvalue weighted by molar-refractivity contribution is -0.161. The first-order valence-electron chi connectivity index (χ1n) is 44.0. The van der Waals surface area contributed by atoms with Gasteiger partial charge >= 0.3 is 39.5 Å². The summed E-state index contributed by atoms with van der Waals surface area (Å²) < 4.78 is 68.8. The van der Waals surface area contributed by atoms with E-state index in [1.165, 1.54) is 270 Å². The molecule has 0 aromatic carbocycles. The lowest BCUT2D eigenvalue weighted by atomic mass is 10.0. The Morgan fingerprint density at radius 3 is 0.654 bits per heavy atom. The van der Waals surface area contributed by atoms with Gasteiger partial charge in [0.25, 0.3) is 0 Å². The second-order valence-corrected chi connectivity index (χ2v) is 34.4. The zero-order chi connectivity index (χ0) is 76.4. The van der Waals surface area contributed by atoms with E-state index in [-0.39, 0.29) is 25.7 Å². The predicted molar refractivity (Wildman–Crippen MR) is 428 cm³/mol. The summed E-state index contributed by atoms with van der Waals surface area (Å²) in [6.45, 7) is 9.64. The van der Waals surface area contributed by atoms with Crippen molar-refractivity contribution >= 4 is 39.5 Å². The monoisotopic (exact) mass is 1520 g/mol. The maximum absolute atomic E-state index is 13.1. The summed E-state index contributed by atoms with van der Waals surface area (Å²) in [4.78, 5) is 73.1. The second-order valence-electron chi connectivity index (χ2n) is 31.5. The fraction of sp³-hybridized carbons (Fsp3) is 0.953. The van der Waals surface area contributed by atoms with E-state index in [0.29, 0.717) is 25.7 Å². The predicted octanol–water partition coefficient (Wildman–Crippen LogP) is 25.8. The third kappa shape index (κ3) is 78.2. The molecular formula is C85H166O17P2. The average Bonchev–Trinajstić information content (AvgIpc) is 0.919. The highest BCUT2D eigenvalue weighted by Gasteiger charge is 2.30. The fourth-order valence-corrected chi connectivity index (χ4v) is 14.8. The molecule has 2 unspecified atom stereocenters. The number of aliphatic hydroxyl groups is 1. The number of aliphatic hydroxyl groups excluding tert-OH is 1. The van der Waals surface area contributed by atoms with Gasteiger partial charge in [0.15, 0.2) is 12.2 Å². The molecule has 0 aliphatic carbocycles. The Morgan fingerprint density at radius 1 is 0.260 bits per heavy atom. The van der Waals surface area contributed by atoms with Crippen molar-refractivity contribution in [3.8, 4) is 0 Å². The number of carbonyl (C=O) groups is 4. The van der Waals surface area contributed by atoms with Crippen molar-refractivity contribution in [3.63, 3.8) is 0 Å². The molecule has 104 heavy (non-hydrogen) atoms. The standard InChI is InChI=1S/C85H166O17P2/c1-7-9-11-13-15-17-19-20-21-22-23-24-25-29-32-35-39-43-50-56-62-68-83(88)96-73-80(101-84(89)69-63-57-51-44-40-36-33-30-27-26-28-31-34-38-41-47-53-59-65-77(3)4)75-99-103(91,92)97-71-79(86)72-98-104(93,94)100-76-81(102-85(90)70-64-58-52-46-45-48-54-60-66-78(5)6)74-95-82(87)67-61-55-49-42-37-18-16-14-12-10-8-2/h77-81,86H,7-76H2,1-6H3,(H,91,92)(H,93,94)/t79-,80-,81-/m1/s1. The van der Waals surface area contributed by atoms with E-state index < -0.39 is 97.5 Å². The van der Waals surface area contributed by atoms with Crippen molar-refractivity contribution in [1.82, 2.24) is 0 Å². The summed E-state index contributed by atoms with van der Waals surface area (Å²) in [5, 5.41) is 10.7. The Morgan fingerprint density at radius 2 is 0.442 bits per heavy atom. The number of phosphoric acid groups is 2. The first-order valence-corrected chi connectivity index (χ1v) is 47.0. The molecule has 19 heteroatoms. The van der Waals surface area contributed by atoms with Crippen molar-refractivity contribution in [1.29, 1.82) is 0 Å². The number of unbranched alkanes of at least 4 members (excludes halogenated alkanes) is 54. The number of hydrogen-bond donors (Lipinski definition) is 3. The summed E-state index contributed by atoms with van der Waals surface area (Å²) in [5.74, 6) is -0.568. The van der Waals surface area contributed by atoms with Gasteiger partial charge in [0.05, 0.1) is 26.4 Å². The molecule has 0 aromatic rings. The molecule has 0 saturated carbocycles. The van der Waals surface area contributed by atoms with Crippen LogP contribution in [0, 0.1) is 11.8 Å². The maximum atomic E-state index is 13.1. The van der Waals surface area contributed by atoms with Gasteiger partial charge in [-0.25, -0.2) is 9.13 Å². The largest absolute Gasteiger partial charge is 0.472 e. The molecule has 0 amide bonds. The van der Waals surface area contributed by atoms with Crippen LogP contribution in [0.2, 0.25) is 0 Å². The van der Waals surface area contributed by atoms with Crippen LogP contribution in [0.5, 0.6) is 0 Å². The first kappa shape index (κ1) is 102. The van der Waals surface area contributed by atoms with Gasteiger partial charge in [-0.3, -0.25) is 37.3 Å². The Bertz CT molecular complexity index is 1990. The summed E-state index contributed by atoms with van der Waals surface area (Å²) in [5.41, 5.74) is 0. The van der Waals surface area contributed by atoms with E-state index in [1.54, 1.807) is 0 Å². The highest BCUT2D eigenvalue weighted by molar-refractivity contribution is 7.47. The molecule has 0 aromatic heterocycles. The van der Waals surface area contributed by atoms with E-state index in [4.69, 9.17) is 37.0 Å². The van der Waals surface area contributed by atoms with Gasteiger partial charge in [0.1, 0.15) is 19.3 Å². The van der Waals surface area contributed by atoms with Crippen LogP contribution in [0.1, 0.15) is 452 Å². The molecule has 0 heterocycles. The lowest BCUT2D eigenvalue weighted by Gasteiger charge is -2.21. The molecule has 618 valence electrons. The average molecular weight is 1520 g/mol. The van der Waals surface area contributed by atoms with Crippen LogP contribution in [0.3, 0.4) is 0 Å². The summed E-state index contributed by atoms with van der Waals surface area (Å²) in [6.07, 6.45) is 68.2. The van der Waals surface area contributed by atoms with E-state index in [9.17, 15) is 43.2 Å². The highest BCUT2D eigenvalue weighted by Crippen LogP contribution is 2.45. The molecule has 17 nitrogen and oxygen atoms in total. The van der Waals surface area contributed by atoms with Crippen molar-refractivity contribution in [2.45, 2.75) is 471 Å². The fourth-order valence-electron chi connectivity index (χ4n) is 13.2. The smallest absolute Gasteiger partial charge is 0.462 e. The lowest BCUT2D eigenvalue weighted by Crippen LogP contribution is -2.30.